The second kappa shape index (κ2) is 15.2. The Bertz CT molecular complexity index is 2470. The number of carbonyl (C=O) groups excluding carboxylic acids is 1. The van der Waals surface area contributed by atoms with Gasteiger partial charge < -0.3 is 29.9 Å². The molecule has 306 valence electrons. The van der Waals surface area contributed by atoms with E-state index < -0.39 is 15.6 Å². The maximum atomic E-state index is 12.5. The van der Waals surface area contributed by atoms with Crippen molar-refractivity contribution >= 4 is 77.6 Å². The second-order valence-corrected chi connectivity index (χ2v) is 19.0. The molecular weight excluding hydrogens is 828 g/mol. The molecule has 3 aliphatic rings. The molecule has 1 spiro atoms. The van der Waals surface area contributed by atoms with E-state index in [4.69, 9.17) is 14.5 Å². The highest BCUT2D eigenvalue weighted by molar-refractivity contribution is 9.10. The van der Waals surface area contributed by atoms with E-state index >= 15 is 0 Å². The summed E-state index contributed by atoms with van der Waals surface area (Å²) in [7, 11) is -0.123. The molecule has 3 aromatic heterocycles. The van der Waals surface area contributed by atoms with Crippen molar-refractivity contribution in [2.75, 3.05) is 72.9 Å². The van der Waals surface area contributed by atoms with Gasteiger partial charge in [0.25, 0.3) is 0 Å². The minimum atomic E-state index is -3.66. The molecule has 19 heteroatoms. The topological polar surface area (TPSA) is 185 Å². The third-order valence-electron chi connectivity index (χ3n) is 10.6. The number of rotatable bonds is 10. The van der Waals surface area contributed by atoms with Crippen LogP contribution in [0, 0.1) is 5.41 Å². The highest BCUT2D eigenvalue weighted by Crippen LogP contribution is 2.45. The van der Waals surface area contributed by atoms with Crippen LogP contribution >= 0.6 is 15.9 Å². The van der Waals surface area contributed by atoms with Gasteiger partial charge in [0.15, 0.2) is 0 Å². The van der Waals surface area contributed by atoms with Gasteiger partial charge in [-0.1, -0.05) is 0 Å². The van der Waals surface area contributed by atoms with Crippen LogP contribution in [0.1, 0.15) is 33.6 Å². The summed E-state index contributed by atoms with van der Waals surface area (Å²) in [5.41, 5.74) is 4.93. The first-order valence-corrected chi connectivity index (χ1v) is 21.7. The fourth-order valence-corrected chi connectivity index (χ4v) is 8.91. The Morgan fingerprint density at radius 3 is 2.40 bits per heavy atom. The van der Waals surface area contributed by atoms with E-state index in [2.05, 4.69) is 67.2 Å². The number of aromatic nitrogens is 6. The van der Waals surface area contributed by atoms with Crippen molar-refractivity contribution in [1.29, 1.82) is 0 Å². The number of aryl methyl sites for hydroxylation is 1. The fourth-order valence-electron chi connectivity index (χ4n) is 8.05. The molecule has 8 rings (SSSR count). The summed E-state index contributed by atoms with van der Waals surface area (Å²) in [6.07, 6.45) is 11.4. The van der Waals surface area contributed by atoms with Crippen LogP contribution in [0.25, 0.3) is 22.2 Å². The van der Waals surface area contributed by atoms with Gasteiger partial charge in [0, 0.05) is 105 Å². The van der Waals surface area contributed by atoms with Crippen molar-refractivity contribution in [3.63, 3.8) is 0 Å². The van der Waals surface area contributed by atoms with E-state index in [0.717, 1.165) is 75.2 Å². The van der Waals surface area contributed by atoms with E-state index in [-0.39, 0.29) is 23.1 Å². The van der Waals surface area contributed by atoms with Crippen LogP contribution in [-0.2, 0) is 21.8 Å². The van der Waals surface area contributed by atoms with Gasteiger partial charge in [0.05, 0.1) is 46.6 Å². The number of piperidine rings is 1. The number of hydrogen-bond donors (Lipinski definition) is 3. The summed E-state index contributed by atoms with van der Waals surface area (Å²) >= 11 is 3.54. The first kappa shape index (κ1) is 39.6. The first-order valence-electron chi connectivity index (χ1n) is 19.0. The number of carbonyl (C=O) groups is 1. The Labute approximate surface area is 345 Å². The SMILES string of the molecule is COc1cc(N2CCC(N3CC4(CN(C(=O)OC(C)(C)C)C4)C3)CC2)c(-c2cnn(C)c2)cc1Nc1ncc(Br)c(Nc2ccc3nccnc3c2NS(C)(=O)=O)n1. The van der Waals surface area contributed by atoms with Gasteiger partial charge in [0.1, 0.15) is 22.7 Å². The van der Waals surface area contributed by atoms with E-state index in [1.54, 1.807) is 36.3 Å². The second-order valence-electron chi connectivity index (χ2n) is 16.4. The number of fused-ring (bicyclic) bond motifs is 1. The average Bonchev–Trinajstić information content (AvgIpc) is 3.57. The van der Waals surface area contributed by atoms with Crippen molar-refractivity contribution in [2.24, 2.45) is 12.5 Å². The Balaban J connectivity index is 0.994. The smallest absolute Gasteiger partial charge is 0.410 e. The lowest BCUT2D eigenvalue weighted by atomic mass is 9.72. The maximum Gasteiger partial charge on any atom is 0.410 e. The summed E-state index contributed by atoms with van der Waals surface area (Å²) in [6, 6.07) is 8.05. The molecule has 17 nitrogen and oxygen atoms in total. The molecule has 2 aromatic carbocycles. The van der Waals surface area contributed by atoms with Crippen LogP contribution in [0.15, 0.2) is 59.7 Å². The molecular formula is C39H47BrN12O5S. The van der Waals surface area contributed by atoms with Crippen LogP contribution in [0.4, 0.5) is 39.3 Å². The lowest BCUT2D eigenvalue weighted by Crippen LogP contribution is -2.74. The monoisotopic (exact) mass is 874 g/mol. The molecule has 3 aliphatic heterocycles. The number of likely N-dealkylation sites (tertiary alicyclic amines) is 2. The van der Waals surface area contributed by atoms with Gasteiger partial charge in [-0.25, -0.2) is 18.2 Å². The highest BCUT2D eigenvalue weighted by Gasteiger charge is 2.55. The third kappa shape index (κ3) is 8.33. The van der Waals surface area contributed by atoms with E-state index in [9.17, 15) is 13.2 Å². The molecule has 0 unspecified atom stereocenters. The van der Waals surface area contributed by atoms with Gasteiger partial charge in [-0.15, -0.1) is 0 Å². The van der Waals surface area contributed by atoms with Crippen molar-refractivity contribution in [3.8, 4) is 16.9 Å². The molecule has 6 heterocycles. The predicted molar refractivity (Wildman–Crippen MR) is 227 cm³/mol. The number of methoxy groups -OCH3 is 1. The summed E-state index contributed by atoms with van der Waals surface area (Å²) in [6.45, 7) is 11.0. The normalized spacial score (nSPS) is 17.2. The predicted octanol–water partition coefficient (Wildman–Crippen LogP) is 5.97. The Kier molecular flexibility index (Phi) is 10.3. The number of hydrogen-bond acceptors (Lipinski definition) is 14. The van der Waals surface area contributed by atoms with Crippen molar-refractivity contribution in [3.05, 3.63) is 59.7 Å². The number of nitrogens with one attached hydrogen (secondary N) is 3. The molecule has 0 bridgehead atoms. The van der Waals surface area contributed by atoms with E-state index in [0.29, 0.717) is 44.5 Å². The van der Waals surface area contributed by atoms with Gasteiger partial charge >= 0.3 is 6.09 Å². The fraction of sp³-hybridized carbons (Fsp3) is 0.436. The lowest BCUT2D eigenvalue weighted by molar-refractivity contribution is -0.128. The lowest BCUT2D eigenvalue weighted by Gasteiger charge is -2.62. The quantitative estimate of drug-likeness (QED) is 0.149. The molecule has 3 fully saturated rings. The third-order valence-corrected chi connectivity index (χ3v) is 11.8. The highest BCUT2D eigenvalue weighted by atomic mass is 79.9. The van der Waals surface area contributed by atoms with Crippen LogP contribution in [0.3, 0.4) is 0 Å². The molecule has 1 amide bonds. The Morgan fingerprint density at radius 1 is 0.983 bits per heavy atom. The zero-order valence-corrected chi connectivity index (χ0v) is 35.7. The number of ether oxygens (including phenoxy) is 2. The minimum Gasteiger partial charge on any atom is -0.494 e. The van der Waals surface area contributed by atoms with Crippen LogP contribution < -0.4 is 25.0 Å². The number of halogens is 1. The molecule has 3 saturated heterocycles. The number of benzene rings is 2. The zero-order valence-electron chi connectivity index (χ0n) is 33.3. The van der Waals surface area contributed by atoms with Gasteiger partial charge in [-0.05, 0) is 67.7 Å². The van der Waals surface area contributed by atoms with Gasteiger partial charge in [0.2, 0.25) is 16.0 Å². The van der Waals surface area contributed by atoms with Crippen molar-refractivity contribution < 1.29 is 22.7 Å². The zero-order chi connectivity index (χ0) is 41.0. The summed E-state index contributed by atoms with van der Waals surface area (Å²) in [4.78, 5) is 37.3. The van der Waals surface area contributed by atoms with E-state index in [1.165, 1.54) is 6.20 Å². The average molecular weight is 876 g/mol. The molecule has 0 saturated carbocycles. The molecule has 58 heavy (non-hydrogen) atoms. The van der Waals surface area contributed by atoms with E-state index in [1.807, 2.05) is 51.2 Å². The van der Waals surface area contributed by atoms with Crippen LogP contribution in [0.2, 0.25) is 0 Å². The van der Waals surface area contributed by atoms with Crippen LogP contribution in [-0.4, -0.2) is 118 Å². The van der Waals surface area contributed by atoms with Crippen molar-refractivity contribution in [2.45, 2.75) is 45.3 Å². The number of sulfonamides is 1. The number of nitrogens with zero attached hydrogens (tertiary/aromatic N) is 9. The molecule has 3 N–H and O–H groups in total. The Morgan fingerprint density at radius 2 is 1.72 bits per heavy atom. The molecule has 0 aliphatic carbocycles. The number of amides is 1. The standard InChI is InChI=1S/C39H47BrN12O5S/c1-38(2,3)57-37(53)52-22-39(23-52)20-51(21-39)25-9-13-50(14-10-25)31-16-32(56-5)30(15-26(31)24-17-44-49(4)19-24)46-36-43-18-27(40)35(47-36)45-29-8-7-28-33(42-12-11-41-28)34(29)48-58(6,54)55/h7-8,11-12,15-19,25,48H,9-10,13-14,20-23H2,1-6H3,(H2,43,45,46,47). The first-order chi connectivity index (χ1) is 27.5. The minimum absolute atomic E-state index is 0.192. The molecule has 0 radical (unpaired) electrons. The number of anilines is 6. The van der Waals surface area contributed by atoms with Gasteiger partial charge in [-0.3, -0.25) is 24.3 Å². The maximum absolute atomic E-state index is 12.5. The molecule has 5 aromatic rings. The van der Waals surface area contributed by atoms with Gasteiger partial charge in [-0.2, -0.15) is 10.1 Å². The summed E-state index contributed by atoms with van der Waals surface area (Å²) in [5, 5.41) is 11.1. The Hall–Kier alpha value is -5.27. The summed E-state index contributed by atoms with van der Waals surface area (Å²) in [5.74, 6) is 1.28. The molecule has 0 atom stereocenters. The largest absolute Gasteiger partial charge is 0.494 e. The van der Waals surface area contributed by atoms with Crippen molar-refractivity contribution in [1.82, 2.24) is 39.5 Å². The van der Waals surface area contributed by atoms with Crippen LogP contribution in [0.5, 0.6) is 5.75 Å². The summed E-state index contributed by atoms with van der Waals surface area (Å²) < 4.78 is 41.2.